The average Bonchev–Trinajstić information content (AvgIpc) is 2.08. The zero-order valence-corrected chi connectivity index (χ0v) is 6.38. The van der Waals surface area contributed by atoms with Crippen molar-refractivity contribution in [3.8, 4) is 0 Å². The van der Waals surface area contributed by atoms with Gasteiger partial charge in [0, 0.05) is 18.9 Å². The van der Waals surface area contributed by atoms with Gasteiger partial charge in [-0.1, -0.05) is 0 Å². The molecule has 0 aliphatic rings. The molecule has 0 unspecified atom stereocenters. The Morgan fingerprint density at radius 1 is 1.42 bits per heavy atom. The lowest BCUT2D eigenvalue weighted by Crippen LogP contribution is -2.20. The van der Waals surface area contributed by atoms with E-state index < -0.39 is 0 Å². The maximum atomic E-state index is 6.75. The van der Waals surface area contributed by atoms with E-state index in [9.17, 15) is 0 Å². The maximum Gasteiger partial charge on any atom is 0.0349 e. The van der Waals surface area contributed by atoms with E-state index in [-0.39, 0.29) is 0 Å². The summed E-state index contributed by atoms with van der Waals surface area (Å²) >= 11 is 0. The molecule has 1 rings (SSSR count). The van der Waals surface area contributed by atoms with Crippen molar-refractivity contribution < 1.29 is 0 Å². The predicted octanol–water partition coefficient (Wildman–Crippen LogP) is 0.911. The van der Waals surface area contributed by atoms with E-state index in [0.29, 0.717) is 6.54 Å². The number of nitrogens with two attached hydrogens (primary N) is 1. The quantitative estimate of drug-likeness (QED) is 0.223. The molecule has 0 fully saturated rings. The minimum atomic E-state index is 0.697. The molecule has 12 heavy (non-hydrogen) atoms. The molecular formula is C6H9N6-. The van der Waals surface area contributed by atoms with Crippen LogP contribution < -0.4 is 11.3 Å². The first kappa shape index (κ1) is 10.4. The van der Waals surface area contributed by atoms with E-state index in [1.54, 1.807) is 12.4 Å². The summed E-state index contributed by atoms with van der Waals surface area (Å²) in [4.78, 5) is 5.36. The fourth-order valence-corrected chi connectivity index (χ4v) is 0.618. The number of pyridine rings is 1. The van der Waals surface area contributed by atoms with E-state index in [1.807, 2.05) is 12.1 Å². The van der Waals surface area contributed by atoms with Crippen molar-refractivity contribution in [1.29, 1.82) is 0 Å². The van der Waals surface area contributed by atoms with Crippen LogP contribution in [0.25, 0.3) is 16.0 Å². The van der Waals surface area contributed by atoms with Gasteiger partial charge in [-0.15, -0.1) is 0 Å². The number of nitrogens with zero attached hydrogens (tertiary/aromatic N) is 4. The fourth-order valence-electron chi connectivity index (χ4n) is 0.618. The van der Waals surface area contributed by atoms with Gasteiger partial charge in [-0.2, -0.15) is 0 Å². The Bertz CT molecular complexity index is 227. The minimum absolute atomic E-state index is 0.697. The Labute approximate surface area is 69.8 Å². The van der Waals surface area contributed by atoms with E-state index >= 15 is 0 Å². The van der Waals surface area contributed by atoms with E-state index in [4.69, 9.17) is 16.9 Å². The highest BCUT2D eigenvalue weighted by Crippen LogP contribution is 1.92. The third kappa shape index (κ3) is 5.19. The molecule has 3 N–H and O–H groups in total. The molecule has 0 bridgehead atoms. The van der Waals surface area contributed by atoms with Crippen LogP contribution in [0.3, 0.4) is 0 Å². The Kier molecular flexibility index (Phi) is 6.48. The Hall–Kier alpha value is -1.62. The lowest BCUT2D eigenvalue weighted by atomic mass is 10.3. The average molecular weight is 165 g/mol. The zero-order chi connectivity index (χ0) is 9.23. The highest BCUT2D eigenvalue weighted by atomic mass is 15.2. The van der Waals surface area contributed by atoms with Gasteiger partial charge in [0.25, 0.3) is 0 Å². The number of hydrogen-bond acceptors (Lipinski definition) is 3. The van der Waals surface area contributed by atoms with Gasteiger partial charge in [-0.3, -0.25) is 21.2 Å². The highest BCUT2D eigenvalue weighted by molar-refractivity contribution is 5.08. The lowest BCUT2D eigenvalue weighted by Gasteiger charge is -1.95. The molecule has 6 heteroatoms. The molecule has 6 nitrogen and oxygen atoms in total. The monoisotopic (exact) mass is 165 g/mol. The lowest BCUT2D eigenvalue weighted by molar-refractivity contribution is 0.740. The largest absolute Gasteiger partial charge is 0.373 e. The molecule has 0 saturated heterocycles. The molecule has 0 spiro atoms. The molecule has 0 aliphatic heterocycles. The summed E-state index contributed by atoms with van der Waals surface area (Å²) in [6.45, 7) is 0.697. The van der Waals surface area contributed by atoms with Gasteiger partial charge >= 0.3 is 0 Å². The number of nitrogens with one attached hydrogen (secondary N) is 1. The van der Waals surface area contributed by atoms with Crippen LogP contribution >= 0.6 is 0 Å². The van der Waals surface area contributed by atoms with Crippen molar-refractivity contribution in [2.45, 2.75) is 6.54 Å². The minimum Gasteiger partial charge on any atom is -0.373 e. The van der Waals surface area contributed by atoms with Crippen LogP contribution in [0.1, 0.15) is 5.56 Å². The van der Waals surface area contributed by atoms with Gasteiger partial charge < -0.3 is 11.1 Å². The molecule has 64 valence electrons. The molecule has 0 saturated carbocycles. The van der Waals surface area contributed by atoms with Gasteiger partial charge in [0.05, 0.1) is 0 Å². The molecule has 0 aromatic carbocycles. The smallest absolute Gasteiger partial charge is 0.0349 e. The molecule has 0 amide bonds. The first-order valence-corrected chi connectivity index (χ1v) is 3.16. The van der Waals surface area contributed by atoms with Gasteiger partial charge in [-0.25, -0.2) is 0 Å². The van der Waals surface area contributed by atoms with Gasteiger partial charge in [-0.05, 0) is 17.7 Å². The summed E-state index contributed by atoms with van der Waals surface area (Å²) in [5.74, 6) is 5.09. The van der Waals surface area contributed by atoms with E-state index in [0.717, 1.165) is 5.56 Å². The summed E-state index contributed by atoms with van der Waals surface area (Å²) in [5.41, 5.74) is 17.2. The normalized spacial score (nSPS) is 7.75. The first-order chi connectivity index (χ1) is 5.85. The molecular weight excluding hydrogens is 156 g/mol. The van der Waals surface area contributed by atoms with Crippen molar-refractivity contribution in [3.05, 3.63) is 46.1 Å². The van der Waals surface area contributed by atoms with E-state index in [1.165, 1.54) is 4.91 Å². The van der Waals surface area contributed by atoms with Crippen LogP contribution in [-0.4, -0.2) is 4.98 Å². The van der Waals surface area contributed by atoms with Crippen LogP contribution in [-0.2, 0) is 6.54 Å². The summed E-state index contributed by atoms with van der Waals surface area (Å²) in [7, 11) is 0. The molecule has 1 heterocycles. The first-order valence-electron chi connectivity index (χ1n) is 3.16. The van der Waals surface area contributed by atoms with Crippen LogP contribution in [0, 0.1) is 0 Å². The van der Waals surface area contributed by atoms with Gasteiger partial charge in [0.2, 0.25) is 0 Å². The SMILES string of the molecule is NNCc1ccncc1.[N-]=[N+]=[N-]. The second kappa shape index (κ2) is 7.49. The molecule has 0 aliphatic carbocycles. The van der Waals surface area contributed by atoms with Crippen molar-refractivity contribution in [1.82, 2.24) is 10.4 Å². The number of rotatable bonds is 2. The van der Waals surface area contributed by atoms with E-state index in [2.05, 4.69) is 10.4 Å². The van der Waals surface area contributed by atoms with Crippen molar-refractivity contribution in [3.63, 3.8) is 0 Å². The summed E-state index contributed by atoms with van der Waals surface area (Å²) in [6, 6.07) is 3.83. The fraction of sp³-hybridized carbons (Fsp3) is 0.167. The third-order valence-corrected chi connectivity index (χ3v) is 1.06. The second-order valence-corrected chi connectivity index (χ2v) is 1.83. The number of aromatic nitrogens is 1. The van der Waals surface area contributed by atoms with Gasteiger partial charge in [0.15, 0.2) is 0 Å². The standard InChI is InChI=1S/C6H9N3.N3/c7-9-5-6-1-3-8-4-2-6;1-3-2/h1-4,9H,5,7H2;/q;-1. The Morgan fingerprint density at radius 2 is 1.92 bits per heavy atom. The topological polar surface area (TPSA) is 110 Å². The summed E-state index contributed by atoms with van der Waals surface area (Å²) in [5, 5.41) is 0. The van der Waals surface area contributed by atoms with Gasteiger partial charge in [0.1, 0.15) is 0 Å². The van der Waals surface area contributed by atoms with Crippen molar-refractivity contribution in [2.24, 2.45) is 5.84 Å². The summed E-state index contributed by atoms with van der Waals surface area (Å²) in [6.07, 6.45) is 3.49. The number of hydrazine groups is 1. The molecule has 0 radical (unpaired) electrons. The highest BCUT2D eigenvalue weighted by Gasteiger charge is 1.84. The zero-order valence-electron chi connectivity index (χ0n) is 6.38. The molecule has 1 aromatic heterocycles. The van der Waals surface area contributed by atoms with Crippen LogP contribution in [0.5, 0.6) is 0 Å². The number of hydrogen-bond donors (Lipinski definition) is 2. The van der Waals surface area contributed by atoms with Crippen molar-refractivity contribution >= 4 is 0 Å². The van der Waals surface area contributed by atoms with Crippen LogP contribution in [0.15, 0.2) is 24.5 Å². The predicted molar refractivity (Wildman–Crippen MR) is 45.3 cm³/mol. The Morgan fingerprint density at radius 3 is 2.33 bits per heavy atom. The van der Waals surface area contributed by atoms with Crippen LogP contribution in [0.4, 0.5) is 0 Å². The molecule has 1 aromatic rings. The Balaban J connectivity index is 0.000000354. The second-order valence-electron chi connectivity index (χ2n) is 1.83. The third-order valence-electron chi connectivity index (χ3n) is 1.06. The molecule has 0 atom stereocenters. The summed E-state index contributed by atoms with van der Waals surface area (Å²) < 4.78 is 0. The van der Waals surface area contributed by atoms with Crippen molar-refractivity contribution in [2.75, 3.05) is 0 Å². The van der Waals surface area contributed by atoms with Crippen LogP contribution in [0.2, 0.25) is 0 Å². The maximum absolute atomic E-state index is 6.75.